The van der Waals surface area contributed by atoms with Gasteiger partial charge >= 0.3 is 6.03 Å². The van der Waals surface area contributed by atoms with Crippen molar-refractivity contribution in [3.8, 4) is 0 Å². The molecule has 1 heterocycles. The third-order valence-electron chi connectivity index (χ3n) is 6.15. The van der Waals surface area contributed by atoms with Gasteiger partial charge in [0.15, 0.2) is 0 Å². The molecule has 4 aliphatic rings. The number of fused-ring (bicyclic) bond motifs is 1. The number of hydrogen-bond donors (Lipinski definition) is 2. The van der Waals surface area contributed by atoms with Gasteiger partial charge in [0, 0.05) is 5.69 Å². The number of urea groups is 1. The normalized spacial score (nSPS) is 29.7. The van der Waals surface area contributed by atoms with Crippen LogP contribution in [0.3, 0.4) is 0 Å². The van der Waals surface area contributed by atoms with E-state index < -0.39 is 12.2 Å². The quantitative estimate of drug-likeness (QED) is 0.637. The lowest BCUT2D eigenvalue weighted by atomic mass is 9.63. The second-order valence-electron chi connectivity index (χ2n) is 7.98. The van der Waals surface area contributed by atoms with Gasteiger partial charge in [-0.25, -0.2) is 4.79 Å². The molecule has 3 aliphatic carbocycles. The number of nitrogens with zero attached hydrogens (tertiary/aromatic N) is 1. The molecule has 0 radical (unpaired) electrons. The van der Waals surface area contributed by atoms with Gasteiger partial charge in [-0.1, -0.05) is 29.8 Å². The third-order valence-corrected chi connectivity index (χ3v) is 6.15. The van der Waals surface area contributed by atoms with Crippen molar-refractivity contribution in [1.29, 1.82) is 0 Å². The maximum Gasteiger partial charge on any atom is 0.320 e. The predicted molar refractivity (Wildman–Crippen MR) is 102 cm³/mol. The molecule has 1 saturated carbocycles. The molecule has 1 aromatic rings. The SMILES string of the molecule is Cc1ccc(NC(=O)N[C@H](C)N2C(=O)[C@@H]3[C@H](C2=O)[C@H]2C=C[C@H]3CC2)c(C)c1. The lowest BCUT2D eigenvalue weighted by Crippen LogP contribution is -2.50. The molecule has 27 heavy (non-hydrogen) atoms. The van der Waals surface area contributed by atoms with Crippen LogP contribution >= 0.6 is 0 Å². The zero-order valence-corrected chi connectivity index (χ0v) is 15.9. The van der Waals surface area contributed by atoms with Gasteiger partial charge in [0.25, 0.3) is 0 Å². The van der Waals surface area contributed by atoms with Crippen LogP contribution in [-0.4, -0.2) is 28.9 Å². The second kappa shape index (κ2) is 6.51. The van der Waals surface area contributed by atoms with Crippen LogP contribution in [0.5, 0.6) is 0 Å². The van der Waals surface area contributed by atoms with Crippen LogP contribution in [0.2, 0.25) is 0 Å². The number of rotatable bonds is 3. The van der Waals surface area contributed by atoms with E-state index >= 15 is 0 Å². The van der Waals surface area contributed by atoms with E-state index in [1.165, 1.54) is 4.90 Å². The van der Waals surface area contributed by atoms with Crippen LogP contribution in [0.25, 0.3) is 0 Å². The summed E-state index contributed by atoms with van der Waals surface area (Å²) in [6.45, 7) is 5.60. The largest absolute Gasteiger partial charge is 0.320 e. The fourth-order valence-corrected chi connectivity index (χ4v) is 4.85. The Kier molecular flexibility index (Phi) is 4.29. The van der Waals surface area contributed by atoms with Crippen molar-refractivity contribution in [1.82, 2.24) is 10.2 Å². The molecule has 6 nitrogen and oxygen atoms in total. The summed E-state index contributed by atoms with van der Waals surface area (Å²) in [4.78, 5) is 39.5. The number of carbonyl (C=O) groups is 3. The molecule has 6 heteroatoms. The highest BCUT2D eigenvalue weighted by Crippen LogP contribution is 2.49. The molecular weight excluding hydrogens is 342 g/mol. The summed E-state index contributed by atoms with van der Waals surface area (Å²) >= 11 is 0. The molecular formula is C21H25N3O3. The highest BCUT2D eigenvalue weighted by molar-refractivity contribution is 6.06. The van der Waals surface area contributed by atoms with E-state index in [4.69, 9.17) is 0 Å². The molecule has 2 N–H and O–H groups in total. The van der Waals surface area contributed by atoms with Crippen molar-refractivity contribution < 1.29 is 14.4 Å². The third kappa shape index (κ3) is 2.93. The van der Waals surface area contributed by atoms with E-state index in [9.17, 15) is 14.4 Å². The summed E-state index contributed by atoms with van der Waals surface area (Å²) in [5.41, 5.74) is 2.78. The number of allylic oxidation sites excluding steroid dienone is 2. The van der Waals surface area contributed by atoms with Crippen molar-refractivity contribution in [3.05, 3.63) is 41.5 Å². The van der Waals surface area contributed by atoms with Crippen LogP contribution in [0, 0.1) is 37.5 Å². The van der Waals surface area contributed by atoms with Crippen molar-refractivity contribution >= 4 is 23.5 Å². The van der Waals surface area contributed by atoms with Crippen molar-refractivity contribution in [2.75, 3.05) is 5.32 Å². The summed E-state index contributed by atoms with van der Waals surface area (Å²) < 4.78 is 0. The van der Waals surface area contributed by atoms with Gasteiger partial charge in [0.05, 0.1) is 11.8 Å². The molecule has 5 rings (SSSR count). The van der Waals surface area contributed by atoms with Crippen LogP contribution in [0.15, 0.2) is 30.4 Å². The van der Waals surface area contributed by atoms with Gasteiger partial charge < -0.3 is 10.6 Å². The average molecular weight is 367 g/mol. The minimum atomic E-state index is -0.680. The summed E-state index contributed by atoms with van der Waals surface area (Å²) in [6.07, 6.45) is 5.43. The first kappa shape index (κ1) is 17.8. The first-order chi connectivity index (χ1) is 12.9. The van der Waals surface area contributed by atoms with Crippen molar-refractivity contribution in [2.45, 2.75) is 39.8 Å². The fourth-order valence-electron chi connectivity index (χ4n) is 4.85. The molecule has 142 valence electrons. The monoisotopic (exact) mass is 367 g/mol. The Morgan fingerprint density at radius 1 is 1.07 bits per heavy atom. The molecule has 5 atom stereocenters. The molecule has 0 unspecified atom stereocenters. The molecule has 2 fully saturated rings. The first-order valence-electron chi connectivity index (χ1n) is 9.57. The van der Waals surface area contributed by atoms with Gasteiger partial charge in [-0.2, -0.15) is 0 Å². The highest BCUT2D eigenvalue weighted by Gasteiger charge is 2.57. The molecule has 1 saturated heterocycles. The standard InChI is InChI=1S/C21H25N3O3/c1-11-4-9-16(12(2)10-11)23-21(27)22-13(3)24-19(25)17-14-5-6-15(8-7-14)18(17)20(24)26/h4-6,9-10,13-15,17-18H,7-8H2,1-3H3,(H2,22,23,27)/t13-,14-,15-,17-,18+/m0/s1. The van der Waals surface area contributed by atoms with E-state index in [-0.39, 0.29) is 35.5 Å². The number of carbonyl (C=O) groups excluding carboxylic acids is 3. The Balaban J connectivity index is 1.45. The fraction of sp³-hybridized carbons (Fsp3) is 0.476. The number of nitrogens with one attached hydrogen (secondary N) is 2. The molecule has 0 aromatic heterocycles. The lowest BCUT2D eigenvalue weighted by Gasteiger charge is -2.38. The van der Waals surface area contributed by atoms with Crippen LogP contribution < -0.4 is 10.6 Å². The summed E-state index contributed by atoms with van der Waals surface area (Å²) in [5.74, 6) is -0.511. The lowest BCUT2D eigenvalue weighted by molar-refractivity contribution is -0.142. The van der Waals surface area contributed by atoms with E-state index in [0.29, 0.717) is 5.69 Å². The van der Waals surface area contributed by atoms with Gasteiger partial charge in [-0.15, -0.1) is 0 Å². The van der Waals surface area contributed by atoms with Gasteiger partial charge in [-0.3, -0.25) is 14.5 Å². The van der Waals surface area contributed by atoms with Crippen LogP contribution in [0.4, 0.5) is 10.5 Å². The first-order valence-corrected chi connectivity index (χ1v) is 9.57. The van der Waals surface area contributed by atoms with E-state index in [2.05, 4.69) is 22.8 Å². The molecule has 4 amide bonds. The summed E-state index contributed by atoms with van der Waals surface area (Å²) in [7, 11) is 0. The highest BCUT2D eigenvalue weighted by atomic mass is 16.2. The number of aryl methyl sites for hydroxylation is 2. The maximum absolute atomic E-state index is 12.9. The number of amides is 4. The Hall–Kier alpha value is -2.63. The Labute approximate surface area is 159 Å². The minimum Gasteiger partial charge on any atom is -0.317 e. The van der Waals surface area contributed by atoms with Gasteiger partial charge in [-0.05, 0) is 57.1 Å². The van der Waals surface area contributed by atoms with E-state index in [0.717, 1.165) is 24.0 Å². The predicted octanol–water partition coefficient (Wildman–Crippen LogP) is 2.97. The van der Waals surface area contributed by atoms with Crippen LogP contribution in [-0.2, 0) is 9.59 Å². The van der Waals surface area contributed by atoms with Crippen molar-refractivity contribution in [3.63, 3.8) is 0 Å². The number of hydrogen-bond acceptors (Lipinski definition) is 3. The summed E-state index contributed by atoms with van der Waals surface area (Å²) in [6, 6.07) is 5.33. The Morgan fingerprint density at radius 3 is 2.19 bits per heavy atom. The molecule has 2 bridgehead atoms. The topological polar surface area (TPSA) is 78.5 Å². The second-order valence-corrected chi connectivity index (χ2v) is 7.98. The van der Waals surface area contributed by atoms with Gasteiger partial charge in [0.2, 0.25) is 11.8 Å². The number of benzene rings is 1. The van der Waals surface area contributed by atoms with Gasteiger partial charge in [0.1, 0.15) is 6.17 Å². The van der Waals surface area contributed by atoms with E-state index in [1.54, 1.807) is 6.92 Å². The molecule has 0 spiro atoms. The molecule has 1 aromatic carbocycles. The van der Waals surface area contributed by atoms with Crippen LogP contribution in [0.1, 0.15) is 30.9 Å². The maximum atomic E-state index is 12.9. The zero-order valence-electron chi connectivity index (χ0n) is 15.9. The number of anilines is 1. The zero-order chi connectivity index (χ0) is 19.3. The number of imide groups is 1. The van der Waals surface area contributed by atoms with E-state index in [1.807, 2.05) is 32.0 Å². The Bertz CT molecular complexity index is 815. The summed E-state index contributed by atoms with van der Waals surface area (Å²) in [5, 5.41) is 5.55. The minimum absolute atomic E-state index is 0.150. The van der Waals surface area contributed by atoms with Crippen molar-refractivity contribution in [2.24, 2.45) is 23.7 Å². The molecule has 1 aliphatic heterocycles. The Morgan fingerprint density at radius 2 is 1.67 bits per heavy atom. The number of likely N-dealkylation sites (tertiary alicyclic amines) is 1. The smallest absolute Gasteiger partial charge is 0.317 e. The average Bonchev–Trinajstić information content (AvgIpc) is 2.91.